The maximum absolute atomic E-state index is 5.60. The summed E-state index contributed by atoms with van der Waals surface area (Å²) < 4.78 is 5.60. The van der Waals surface area contributed by atoms with Gasteiger partial charge in [-0.2, -0.15) is 0 Å². The number of fused-ring (bicyclic) bond motifs is 1. The first-order chi connectivity index (χ1) is 5.81. The van der Waals surface area contributed by atoms with E-state index in [9.17, 15) is 0 Å². The molecule has 1 aromatic heterocycles. The van der Waals surface area contributed by atoms with Crippen LogP contribution in [-0.4, -0.2) is 0 Å². The lowest BCUT2D eigenvalue weighted by Crippen LogP contribution is -1.70. The van der Waals surface area contributed by atoms with Crippen LogP contribution in [0, 0.1) is 6.92 Å². The van der Waals surface area contributed by atoms with Crippen molar-refractivity contribution in [1.29, 1.82) is 0 Å². The first-order valence-electron chi connectivity index (χ1n) is 4.29. The van der Waals surface area contributed by atoms with Crippen LogP contribution >= 0.6 is 0 Å². The van der Waals surface area contributed by atoms with Gasteiger partial charge in [-0.3, -0.25) is 0 Å². The Morgan fingerprint density at radius 2 is 2.17 bits per heavy atom. The van der Waals surface area contributed by atoms with Gasteiger partial charge in [0.2, 0.25) is 0 Å². The molecule has 0 atom stereocenters. The van der Waals surface area contributed by atoms with Crippen molar-refractivity contribution in [3.05, 3.63) is 35.6 Å². The highest BCUT2D eigenvalue weighted by atomic mass is 16.3. The van der Waals surface area contributed by atoms with Crippen molar-refractivity contribution in [2.75, 3.05) is 0 Å². The molecule has 0 aliphatic heterocycles. The van der Waals surface area contributed by atoms with Crippen molar-refractivity contribution in [1.82, 2.24) is 0 Å². The second-order valence-corrected chi connectivity index (χ2v) is 3.05. The highest BCUT2D eigenvalue weighted by molar-refractivity contribution is 5.81. The number of aryl methyl sites for hydroxylation is 2. The van der Waals surface area contributed by atoms with Crippen LogP contribution in [0.2, 0.25) is 0 Å². The van der Waals surface area contributed by atoms with Crippen LogP contribution in [0.15, 0.2) is 28.7 Å². The van der Waals surface area contributed by atoms with E-state index in [-0.39, 0.29) is 0 Å². The topological polar surface area (TPSA) is 13.1 Å². The molecule has 0 saturated carbocycles. The fourth-order valence-electron chi connectivity index (χ4n) is 1.43. The van der Waals surface area contributed by atoms with Crippen LogP contribution < -0.4 is 0 Å². The number of benzene rings is 1. The normalized spacial score (nSPS) is 10.8. The molecule has 0 aliphatic carbocycles. The summed E-state index contributed by atoms with van der Waals surface area (Å²) in [7, 11) is 0. The minimum absolute atomic E-state index is 0.966. The number of furan rings is 1. The molecule has 2 aromatic rings. The van der Waals surface area contributed by atoms with E-state index in [1.54, 1.807) is 0 Å². The Bertz CT molecular complexity index is 398. The van der Waals surface area contributed by atoms with Crippen LogP contribution in [0.4, 0.5) is 0 Å². The summed E-state index contributed by atoms with van der Waals surface area (Å²) in [6.45, 7) is 4.21. The van der Waals surface area contributed by atoms with Crippen LogP contribution in [-0.2, 0) is 6.42 Å². The summed E-state index contributed by atoms with van der Waals surface area (Å²) in [6, 6.07) is 8.28. The van der Waals surface area contributed by atoms with Gasteiger partial charge in [-0.25, -0.2) is 0 Å². The van der Waals surface area contributed by atoms with E-state index >= 15 is 0 Å². The zero-order valence-corrected chi connectivity index (χ0v) is 7.42. The maximum Gasteiger partial charge on any atom is 0.134 e. The lowest BCUT2D eigenvalue weighted by molar-refractivity contribution is 0.557. The van der Waals surface area contributed by atoms with Gasteiger partial charge < -0.3 is 4.42 Å². The van der Waals surface area contributed by atoms with Crippen molar-refractivity contribution in [2.45, 2.75) is 20.3 Å². The van der Waals surface area contributed by atoms with Crippen LogP contribution in [0.25, 0.3) is 11.0 Å². The predicted octanol–water partition coefficient (Wildman–Crippen LogP) is 3.30. The zero-order valence-electron chi connectivity index (χ0n) is 7.42. The van der Waals surface area contributed by atoms with Gasteiger partial charge in [-0.05, 0) is 24.6 Å². The van der Waals surface area contributed by atoms with E-state index < -0.39 is 0 Å². The Morgan fingerprint density at radius 1 is 1.33 bits per heavy atom. The molecule has 0 spiro atoms. The third-order valence-electron chi connectivity index (χ3n) is 2.18. The summed E-state index contributed by atoms with van der Waals surface area (Å²) >= 11 is 0. The van der Waals surface area contributed by atoms with Crippen molar-refractivity contribution in [3.63, 3.8) is 0 Å². The quantitative estimate of drug-likeness (QED) is 0.623. The van der Waals surface area contributed by atoms with Crippen molar-refractivity contribution in [2.24, 2.45) is 0 Å². The highest BCUT2D eigenvalue weighted by Crippen LogP contribution is 2.22. The van der Waals surface area contributed by atoms with E-state index in [2.05, 4.69) is 26.0 Å². The number of rotatable bonds is 1. The standard InChI is InChI=1S/C11H12O/c1-3-9-7-10-8(2)5-4-6-11(10)12-9/h4-7H,3H2,1-2H3. The summed E-state index contributed by atoms with van der Waals surface area (Å²) in [6.07, 6.45) is 0.966. The average Bonchev–Trinajstić information content (AvgIpc) is 2.49. The molecule has 0 radical (unpaired) electrons. The summed E-state index contributed by atoms with van der Waals surface area (Å²) in [5.41, 5.74) is 2.29. The lowest BCUT2D eigenvalue weighted by Gasteiger charge is -1.90. The van der Waals surface area contributed by atoms with E-state index in [1.165, 1.54) is 10.9 Å². The highest BCUT2D eigenvalue weighted by Gasteiger charge is 2.02. The third kappa shape index (κ3) is 1.02. The van der Waals surface area contributed by atoms with Gasteiger partial charge in [0.05, 0.1) is 0 Å². The Labute approximate surface area is 72.0 Å². The van der Waals surface area contributed by atoms with Crippen LogP contribution in [0.1, 0.15) is 18.2 Å². The van der Waals surface area contributed by atoms with Crippen LogP contribution in [0.5, 0.6) is 0 Å². The maximum atomic E-state index is 5.60. The van der Waals surface area contributed by atoms with Gasteiger partial charge in [0.25, 0.3) is 0 Å². The smallest absolute Gasteiger partial charge is 0.134 e. The first kappa shape index (κ1) is 7.41. The predicted molar refractivity (Wildman–Crippen MR) is 50.3 cm³/mol. The van der Waals surface area contributed by atoms with E-state index in [4.69, 9.17) is 4.42 Å². The molecule has 1 heterocycles. The summed E-state index contributed by atoms with van der Waals surface area (Å²) in [5, 5.41) is 1.24. The number of hydrogen-bond donors (Lipinski definition) is 0. The monoisotopic (exact) mass is 160 g/mol. The fraction of sp³-hybridized carbons (Fsp3) is 0.273. The minimum Gasteiger partial charge on any atom is -0.461 e. The van der Waals surface area contributed by atoms with Gasteiger partial charge in [0.1, 0.15) is 11.3 Å². The van der Waals surface area contributed by atoms with Crippen molar-refractivity contribution < 1.29 is 4.42 Å². The summed E-state index contributed by atoms with van der Waals surface area (Å²) in [4.78, 5) is 0. The Kier molecular flexibility index (Phi) is 1.65. The average molecular weight is 160 g/mol. The molecular formula is C11H12O. The molecule has 0 bridgehead atoms. The molecule has 0 aliphatic rings. The van der Waals surface area contributed by atoms with Crippen molar-refractivity contribution >= 4 is 11.0 Å². The van der Waals surface area contributed by atoms with E-state index in [0.29, 0.717) is 0 Å². The lowest BCUT2D eigenvalue weighted by atomic mass is 10.1. The zero-order chi connectivity index (χ0) is 8.55. The molecule has 0 saturated heterocycles. The van der Waals surface area contributed by atoms with Gasteiger partial charge >= 0.3 is 0 Å². The fourth-order valence-corrected chi connectivity index (χ4v) is 1.43. The molecule has 0 amide bonds. The molecule has 0 unspecified atom stereocenters. The second-order valence-electron chi connectivity index (χ2n) is 3.05. The van der Waals surface area contributed by atoms with Gasteiger partial charge in [-0.1, -0.05) is 19.1 Å². The van der Waals surface area contributed by atoms with Gasteiger partial charge in [0.15, 0.2) is 0 Å². The summed E-state index contributed by atoms with van der Waals surface area (Å²) in [5.74, 6) is 1.07. The molecule has 62 valence electrons. The Balaban J connectivity index is 2.74. The number of hydrogen-bond acceptors (Lipinski definition) is 1. The van der Waals surface area contributed by atoms with E-state index in [1.807, 2.05) is 12.1 Å². The largest absolute Gasteiger partial charge is 0.461 e. The first-order valence-corrected chi connectivity index (χ1v) is 4.29. The molecule has 12 heavy (non-hydrogen) atoms. The molecular weight excluding hydrogens is 148 g/mol. The SMILES string of the molecule is CCc1cc2c(C)cccc2o1. The third-order valence-corrected chi connectivity index (χ3v) is 2.18. The Morgan fingerprint density at radius 3 is 2.83 bits per heavy atom. The molecule has 1 heteroatoms. The minimum atomic E-state index is 0.966. The molecule has 1 nitrogen and oxygen atoms in total. The van der Waals surface area contributed by atoms with Crippen molar-refractivity contribution in [3.8, 4) is 0 Å². The van der Waals surface area contributed by atoms with Gasteiger partial charge in [0, 0.05) is 11.8 Å². The Hall–Kier alpha value is -1.24. The second kappa shape index (κ2) is 2.67. The van der Waals surface area contributed by atoms with Crippen LogP contribution in [0.3, 0.4) is 0 Å². The molecule has 0 fully saturated rings. The van der Waals surface area contributed by atoms with E-state index in [0.717, 1.165) is 17.8 Å². The van der Waals surface area contributed by atoms with Gasteiger partial charge in [-0.15, -0.1) is 0 Å². The molecule has 1 aromatic carbocycles. The molecule has 0 N–H and O–H groups in total. The molecule has 2 rings (SSSR count).